The first-order valence-corrected chi connectivity index (χ1v) is 7.59. The summed E-state index contributed by atoms with van der Waals surface area (Å²) in [6, 6.07) is 14.9. The van der Waals surface area contributed by atoms with Gasteiger partial charge in [0.1, 0.15) is 5.75 Å². The molecule has 3 aromatic rings. The lowest BCUT2D eigenvalue weighted by molar-refractivity contribution is 0.0938. The first-order chi connectivity index (χ1) is 10.1. The van der Waals surface area contributed by atoms with Crippen LogP contribution in [0.2, 0.25) is 0 Å². The largest absolute Gasteiger partial charge is 0.507 e. The molecule has 1 aromatic heterocycles. The first-order valence-electron chi connectivity index (χ1n) is 6.71. The SMILES string of the molecule is C[C@H](NC(=O)c1cc2ccccc2cc1O)c1cccs1. The summed E-state index contributed by atoms with van der Waals surface area (Å²) in [5.41, 5.74) is 0.303. The van der Waals surface area contributed by atoms with E-state index in [4.69, 9.17) is 0 Å². The predicted octanol–water partition coefficient (Wildman–Crippen LogP) is 4.10. The summed E-state index contributed by atoms with van der Waals surface area (Å²) in [7, 11) is 0. The van der Waals surface area contributed by atoms with Crippen LogP contribution in [0.4, 0.5) is 0 Å². The molecule has 0 radical (unpaired) electrons. The average Bonchev–Trinajstić information content (AvgIpc) is 3.00. The van der Waals surface area contributed by atoms with Crippen LogP contribution in [0.5, 0.6) is 5.75 Å². The van der Waals surface area contributed by atoms with Crippen molar-refractivity contribution in [3.05, 3.63) is 64.4 Å². The number of rotatable bonds is 3. The fourth-order valence-corrected chi connectivity index (χ4v) is 3.03. The Hall–Kier alpha value is -2.33. The Labute approximate surface area is 126 Å². The Bertz CT molecular complexity index is 781. The number of benzene rings is 2. The highest BCUT2D eigenvalue weighted by Crippen LogP contribution is 2.26. The number of phenols is 1. The normalized spacial score (nSPS) is 12.2. The Morgan fingerprint density at radius 3 is 2.52 bits per heavy atom. The second-order valence-corrected chi connectivity index (χ2v) is 5.91. The molecule has 1 heterocycles. The standard InChI is InChI=1S/C17H15NO2S/c1-11(16-7-4-8-21-16)18-17(20)14-9-12-5-2-3-6-13(12)10-15(14)19/h2-11,19H,1H3,(H,18,20)/t11-/m0/s1. The molecule has 0 unspecified atom stereocenters. The van der Waals surface area contributed by atoms with Gasteiger partial charge in [-0.1, -0.05) is 30.3 Å². The minimum absolute atomic E-state index is 0.00424. The van der Waals surface area contributed by atoms with Gasteiger partial charge in [0.05, 0.1) is 11.6 Å². The van der Waals surface area contributed by atoms with Crippen LogP contribution in [0.25, 0.3) is 10.8 Å². The highest BCUT2D eigenvalue weighted by atomic mass is 32.1. The van der Waals surface area contributed by atoms with Gasteiger partial charge in [-0.25, -0.2) is 0 Å². The number of carbonyl (C=O) groups excluding carboxylic acids is 1. The summed E-state index contributed by atoms with van der Waals surface area (Å²) in [5, 5.41) is 16.8. The Balaban J connectivity index is 1.89. The number of carbonyl (C=O) groups is 1. The summed E-state index contributed by atoms with van der Waals surface area (Å²) in [6.45, 7) is 1.93. The molecule has 0 bridgehead atoms. The molecule has 0 spiro atoms. The number of nitrogens with one attached hydrogen (secondary N) is 1. The number of hydrogen-bond acceptors (Lipinski definition) is 3. The van der Waals surface area contributed by atoms with Crippen LogP contribution in [0.15, 0.2) is 53.9 Å². The maximum atomic E-state index is 12.3. The Morgan fingerprint density at radius 2 is 1.86 bits per heavy atom. The van der Waals surface area contributed by atoms with Crippen molar-refractivity contribution in [3.8, 4) is 5.75 Å². The molecule has 0 aliphatic heterocycles. The van der Waals surface area contributed by atoms with E-state index in [0.29, 0.717) is 5.56 Å². The summed E-state index contributed by atoms with van der Waals surface area (Å²) in [5.74, 6) is -0.260. The van der Waals surface area contributed by atoms with E-state index in [2.05, 4.69) is 5.32 Å². The van der Waals surface area contributed by atoms with Crippen LogP contribution in [-0.4, -0.2) is 11.0 Å². The van der Waals surface area contributed by atoms with Crippen LogP contribution in [0.1, 0.15) is 28.2 Å². The van der Waals surface area contributed by atoms with Crippen molar-refractivity contribution >= 4 is 28.0 Å². The van der Waals surface area contributed by atoms with E-state index in [1.165, 1.54) is 0 Å². The number of fused-ring (bicyclic) bond motifs is 1. The smallest absolute Gasteiger partial charge is 0.255 e. The second kappa shape index (κ2) is 5.58. The van der Waals surface area contributed by atoms with Crippen molar-refractivity contribution in [2.45, 2.75) is 13.0 Å². The first kappa shape index (κ1) is 13.6. The fraction of sp³-hybridized carbons (Fsp3) is 0.118. The van der Waals surface area contributed by atoms with Crippen molar-refractivity contribution in [2.75, 3.05) is 0 Å². The summed E-state index contributed by atoms with van der Waals surface area (Å²) < 4.78 is 0. The molecule has 0 saturated carbocycles. The van der Waals surface area contributed by atoms with E-state index in [0.717, 1.165) is 15.6 Å². The minimum atomic E-state index is -0.265. The van der Waals surface area contributed by atoms with E-state index < -0.39 is 0 Å². The average molecular weight is 297 g/mol. The van der Waals surface area contributed by atoms with Crippen LogP contribution < -0.4 is 5.32 Å². The van der Waals surface area contributed by atoms with E-state index in [1.54, 1.807) is 23.5 Å². The number of amides is 1. The zero-order valence-corrected chi connectivity index (χ0v) is 12.4. The minimum Gasteiger partial charge on any atom is -0.507 e. The predicted molar refractivity (Wildman–Crippen MR) is 85.8 cm³/mol. The molecular formula is C17H15NO2S. The van der Waals surface area contributed by atoms with Gasteiger partial charge in [-0.3, -0.25) is 4.79 Å². The second-order valence-electron chi connectivity index (χ2n) is 4.93. The molecule has 0 saturated heterocycles. The summed E-state index contributed by atoms with van der Waals surface area (Å²) >= 11 is 1.60. The topological polar surface area (TPSA) is 49.3 Å². The molecule has 0 aliphatic carbocycles. The lowest BCUT2D eigenvalue weighted by atomic mass is 10.1. The molecule has 3 nitrogen and oxygen atoms in total. The molecule has 106 valence electrons. The van der Waals surface area contributed by atoms with Gasteiger partial charge in [0, 0.05) is 4.88 Å². The maximum Gasteiger partial charge on any atom is 0.255 e. The quantitative estimate of drug-likeness (QED) is 0.764. The van der Waals surface area contributed by atoms with Crippen molar-refractivity contribution in [2.24, 2.45) is 0 Å². The Morgan fingerprint density at radius 1 is 1.14 bits per heavy atom. The third-order valence-electron chi connectivity index (χ3n) is 3.43. The number of hydrogen-bond donors (Lipinski definition) is 2. The number of aromatic hydroxyl groups is 1. The van der Waals surface area contributed by atoms with Crippen molar-refractivity contribution in [1.29, 1.82) is 0 Å². The number of phenolic OH excluding ortho intramolecular Hbond substituents is 1. The number of thiophene rings is 1. The zero-order chi connectivity index (χ0) is 14.8. The van der Waals surface area contributed by atoms with Gasteiger partial charge in [-0.05, 0) is 41.3 Å². The molecule has 4 heteroatoms. The molecule has 2 N–H and O–H groups in total. The van der Waals surface area contributed by atoms with E-state index in [9.17, 15) is 9.90 Å². The third kappa shape index (κ3) is 2.76. The van der Waals surface area contributed by atoms with Gasteiger partial charge in [-0.2, -0.15) is 0 Å². The van der Waals surface area contributed by atoms with Crippen molar-refractivity contribution < 1.29 is 9.90 Å². The van der Waals surface area contributed by atoms with Crippen LogP contribution in [0.3, 0.4) is 0 Å². The molecular weight excluding hydrogens is 282 g/mol. The van der Waals surface area contributed by atoms with Gasteiger partial charge in [-0.15, -0.1) is 11.3 Å². The third-order valence-corrected chi connectivity index (χ3v) is 4.48. The van der Waals surface area contributed by atoms with E-state index in [1.807, 2.05) is 48.7 Å². The fourth-order valence-electron chi connectivity index (χ4n) is 2.29. The van der Waals surface area contributed by atoms with Crippen molar-refractivity contribution in [1.82, 2.24) is 5.32 Å². The van der Waals surface area contributed by atoms with Gasteiger partial charge in [0.25, 0.3) is 5.91 Å². The van der Waals surface area contributed by atoms with Gasteiger partial charge in [0.15, 0.2) is 0 Å². The zero-order valence-electron chi connectivity index (χ0n) is 11.5. The van der Waals surface area contributed by atoms with E-state index in [-0.39, 0.29) is 17.7 Å². The summed E-state index contributed by atoms with van der Waals surface area (Å²) in [6.07, 6.45) is 0. The monoisotopic (exact) mass is 297 g/mol. The van der Waals surface area contributed by atoms with Crippen LogP contribution >= 0.6 is 11.3 Å². The molecule has 3 rings (SSSR count). The Kier molecular flexibility index (Phi) is 3.62. The molecule has 1 amide bonds. The van der Waals surface area contributed by atoms with Crippen LogP contribution in [0, 0.1) is 0 Å². The lowest BCUT2D eigenvalue weighted by Gasteiger charge is -2.13. The molecule has 0 fully saturated rings. The maximum absolute atomic E-state index is 12.3. The lowest BCUT2D eigenvalue weighted by Crippen LogP contribution is -2.26. The molecule has 0 aliphatic rings. The van der Waals surface area contributed by atoms with Gasteiger partial charge in [0.2, 0.25) is 0 Å². The summed E-state index contributed by atoms with van der Waals surface area (Å²) in [4.78, 5) is 13.4. The van der Waals surface area contributed by atoms with Gasteiger partial charge < -0.3 is 10.4 Å². The molecule has 21 heavy (non-hydrogen) atoms. The van der Waals surface area contributed by atoms with E-state index >= 15 is 0 Å². The van der Waals surface area contributed by atoms with Crippen molar-refractivity contribution in [3.63, 3.8) is 0 Å². The highest BCUT2D eigenvalue weighted by molar-refractivity contribution is 7.10. The molecule has 1 atom stereocenters. The van der Waals surface area contributed by atoms with Crippen LogP contribution in [-0.2, 0) is 0 Å². The molecule has 2 aromatic carbocycles. The highest BCUT2D eigenvalue weighted by Gasteiger charge is 2.16. The van der Waals surface area contributed by atoms with Gasteiger partial charge >= 0.3 is 0 Å².